The molecule has 0 saturated carbocycles. The first-order valence-electron chi connectivity index (χ1n) is 5.63. The highest BCUT2D eigenvalue weighted by Gasteiger charge is 2.08. The lowest BCUT2D eigenvalue weighted by Gasteiger charge is -1.97. The van der Waals surface area contributed by atoms with E-state index >= 15 is 0 Å². The zero-order valence-electron chi connectivity index (χ0n) is 9.70. The molecule has 0 aliphatic rings. The molecule has 0 unspecified atom stereocenters. The van der Waals surface area contributed by atoms with Crippen LogP contribution in [-0.2, 0) is 11.2 Å². The molecule has 1 aromatic heterocycles. The molecular formula is C12H15ClN2O2. The largest absolute Gasteiger partial charge is 0.441 e. The number of benzene rings is 1. The molecule has 4 nitrogen and oxygen atoms in total. The molecular weight excluding hydrogens is 240 g/mol. The maximum absolute atomic E-state index is 5.92. The molecule has 0 atom stereocenters. The fraction of sp³-hybridized carbons (Fsp3) is 0.417. The monoisotopic (exact) mass is 254 g/mol. The topological polar surface area (TPSA) is 61.3 Å². The molecule has 0 bridgehead atoms. The second-order valence-electron chi connectivity index (χ2n) is 3.75. The Morgan fingerprint density at radius 2 is 2.29 bits per heavy atom. The molecule has 1 aromatic carbocycles. The van der Waals surface area contributed by atoms with Crippen molar-refractivity contribution in [1.29, 1.82) is 0 Å². The van der Waals surface area contributed by atoms with Crippen LogP contribution in [0.3, 0.4) is 0 Å². The molecule has 2 N–H and O–H groups in total. The van der Waals surface area contributed by atoms with E-state index in [2.05, 4.69) is 4.98 Å². The van der Waals surface area contributed by atoms with Gasteiger partial charge >= 0.3 is 0 Å². The van der Waals surface area contributed by atoms with E-state index in [4.69, 9.17) is 26.5 Å². The number of fused-ring (bicyclic) bond motifs is 1. The molecule has 0 saturated heterocycles. The first kappa shape index (κ1) is 12.2. The Bertz CT molecular complexity index is 471. The smallest absolute Gasteiger partial charge is 0.195 e. The van der Waals surface area contributed by atoms with E-state index in [9.17, 15) is 0 Å². The molecule has 0 spiro atoms. The van der Waals surface area contributed by atoms with Gasteiger partial charge in [-0.2, -0.15) is 0 Å². The second-order valence-corrected chi connectivity index (χ2v) is 4.16. The van der Waals surface area contributed by atoms with E-state index < -0.39 is 0 Å². The predicted molar refractivity (Wildman–Crippen MR) is 68.2 cm³/mol. The van der Waals surface area contributed by atoms with Gasteiger partial charge in [0.15, 0.2) is 11.5 Å². The Balaban J connectivity index is 2.09. The molecule has 2 rings (SSSR count). The molecule has 5 heteroatoms. The number of rotatable bonds is 5. The van der Waals surface area contributed by atoms with E-state index in [1.807, 2.05) is 6.92 Å². The summed E-state index contributed by atoms with van der Waals surface area (Å²) < 4.78 is 10.8. The average Bonchev–Trinajstić information content (AvgIpc) is 2.67. The van der Waals surface area contributed by atoms with Crippen LogP contribution in [0.5, 0.6) is 0 Å². The third kappa shape index (κ3) is 2.90. The van der Waals surface area contributed by atoms with Gasteiger partial charge in [-0.1, -0.05) is 11.6 Å². The van der Waals surface area contributed by atoms with Crippen LogP contribution in [0.25, 0.3) is 11.1 Å². The fourth-order valence-electron chi connectivity index (χ4n) is 1.59. The van der Waals surface area contributed by atoms with Crippen LogP contribution in [0.4, 0.5) is 5.69 Å². The first-order valence-corrected chi connectivity index (χ1v) is 6.00. The Labute approximate surface area is 105 Å². The van der Waals surface area contributed by atoms with Gasteiger partial charge in [0.25, 0.3) is 0 Å². The van der Waals surface area contributed by atoms with E-state index in [0.717, 1.165) is 31.6 Å². The van der Waals surface area contributed by atoms with Crippen LogP contribution in [0.1, 0.15) is 19.2 Å². The van der Waals surface area contributed by atoms with Crippen molar-refractivity contribution in [2.45, 2.75) is 19.8 Å². The number of hydrogen-bond donors (Lipinski definition) is 1. The molecule has 17 heavy (non-hydrogen) atoms. The van der Waals surface area contributed by atoms with Crippen molar-refractivity contribution in [1.82, 2.24) is 4.98 Å². The van der Waals surface area contributed by atoms with E-state index in [0.29, 0.717) is 22.2 Å². The second kappa shape index (κ2) is 5.38. The van der Waals surface area contributed by atoms with Crippen molar-refractivity contribution >= 4 is 28.4 Å². The quantitative estimate of drug-likeness (QED) is 0.658. The standard InChI is InChI=1S/C12H15ClN2O2/c1-2-16-5-3-4-12-15-10-6-8(13)9(14)7-11(10)17-12/h6-7H,2-5,14H2,1H3. The van der Waals surface area contributed by atoms with Gasteiger partial charge in [-0.05, 0) is 19.4 Å². The van der Waals surface area contributed by atoms with Crippen molar-refractivity contribution in [2.75, 3.05) is 18.9 Å². The number of ether oxygens (including phenoxy) is 1. The van der Waals surface area contributed by atoms with Crippen LogP contribution in [0, 0.1) is 0 Å². The summed E-state index contributed by atoms with van der Waals surface area (Å²) in [5.41, 5.74) is 7.63. The van der Waals surface area contributed by atoms with E-state index in [1.165, 1.54) is 0 Å². The Hall–Kier alpha value is -1.26. The lowest BCUT2D eigenvalue weighted by atomic mass is 10.3. The van der Waals surface area contributed by atoms with Crippen LogP contribution in [0.15, 0.2) is 16.5 Å². The molecule has 0 fully saturated rings. The third-order valence-electron chi connectivity index (χ3n) is 2.43. The maximum Gasteiger partial charge on any atom is 0.195 e. The van der Waals surface area contributed by atoms with Crippen molar-refractivity contribution in [3.8, 4) is 0 Å². The number of hydrogen-bond acceptors (Lipinski definition) is 4. The van der Waals surface area contributed by atoms with Crippen LogP contribution < -0.4 is 5.73 Å². The molecule has 0 aliphatic carbocycles. The van der Waals surface area contributed by atoms with Gasteiger partial charge in [-0.25, -0.2) is 4.98 Å². The summed E-state index contributed by atoms with van der Waals surface area (Å²) in [6.07, 6.45) is 1.65. The number of oxazole rings is 1. The molecule has 92 valence electrons. The molecule has 1 heterocycles. The van der Waals surface area contributed by atoms with Gasteiger partial charge in [-0.15, -0.1) is 0 Å². The van der Waals surface area contributed by atoms with Gasteiger partial charge in [0.1, 0.15) is 5.52 Å². The molecule has 0 radical (unpaired) electrons. The van der Waals surface area contributed by atoms with Gasteiger partial charge < -0.3 is 14.9 Å². The zero-order valence-corrected chi connectivity index (χ0v) is 10.5. The van der Waals surface area contributed by atoms with Crippen molar-refractivity contribution in [3.05, 3.63) is 23.0 Å². The number of aromatic nitrogens is 1. The van der Waals surface area contributed by atoms with Gasteiger partial charge in [0.2, 0.25) is 0 Å². The Morgan fingerprint density at radius 1 is 1.47 bits per heavy atom. The number of nitrogens with zero attached hydrogens (tertiary/aromatic N) is 1. The molecule has 2 aromatic rings. The normalized spacial score (nSPS) is 11.2. The first-order chi connectivity index (χ1) is 8.20. The Kier molecular flexibility index (Phi) is 3.86. The lowest BCUT2D eigenvalue weighted by Crippen LogP contribution is -1.95. The highest BCUT2D eigenvalue weighted by atomic mass is 35.5. The molecule has 0 aliphatic heterocycles. The third-order valence-corrected chi connectivity index (χ3v) is 2.76. The maximum atomic E-state index is 5.92. The number of nitrogens with two attached hydrogens (primary N) is 1. The van der Waals surface area contributed by atoms with Gasteiger partial charge in [0, 0.05) is 25.7 Å². The zero-order chi connectivity index (χ0) is 12.3. The summed E-state index contributed by atoms with van der Waals surface area (Å²) >= 11 is 5.92. The average molecular weight is 255 g/mol. The highest BCUT2D eigenvalue weighted by molar-refractivity contribution is 6.33. The van der Waals surface area contributed by atoms with Gasteiger partial charge in [0.05, 0.1) is 10.7 Å². The summed E-state index contributed by atoms with van der Waals surface area (Å²) in [5.74, 6) is 0.696. The summed E-state index contributed by atoms with van der Waals surface area (Å²) in [4.78, 5) is 4.35. The Morgan fingerprint density at radius 3 is 3.06 bits per heavy atom. The number of aryl methyl sites for hydroxylation is 1. The molecule has 0 amide bonds. The summed E-state index contributed by atoms with van der Waals surface area (Å²) in [6, 6.07) is 3.43. The number of anilines is 1. The minimum absolute atomic E-state index is 0.506. The number of nitrogen functional groups attached to an aromatic ring is 1. The summed E-state index contributed by atoms with van der Waals surface area (Å²) in [6.45, 7) is 3.43. The minimum atomic E-state index is 0.506. The summed E-state index contributed by atoms with van der Waals surface area (Å²) in [7, 11) is 0. The van der Waals surface area contributed by atoms with Crippen LogP contribution in [-0.4, -0.2) is 18.2 Å². The minimum Gasteiger partial charge on any atom is -0.441 e. The lowest BCUT2D eigenvalue weighted by molar-refractivity contribution is 0.144. The van der Waals surface area contributed by atoms with E-state index in [-0.39, 0.29) is 0 Å². The summed E-state index contributed by atoms with van der Waals surface area (Å²) in [5, 5.41) is 0.506. The van der Waals surface area contributed by atoms with E-state index in [1.54, 1.807) is 12.1 Å². The SMILES string of the molecule is CCOCCCc1nc2cc(Cl)c(N)cc2o1. The number of halogens is 1. The van der Waals surface area contributed by atoms with Crippen molar-refractivity contribution in [2.24, 2.45) is 0 Å². The van der Waals surface area contributed by atoms with Crippen molar-refractivity contribution < 1.29 is 9.15 Å². The van der Waals surface area contributed by atoms with Crippen LogP contribution in [0.2, 0.25) is 5.02 Å². The van der Waals surface area contributed by atoms with Crippen molar-refractivity contribution in [3.63, 3.8) is 0 Å². The van der Waals surface area contributed by atoms with Gasteiger partial charge in [-0.3, -0.25) is 0 Å². The fourth-order valence-corrected chi connectivity index (χ4v) is 1.75. The van der Waals surface area contributed by atoms with Crippen LogP contribution >= 0.6 is 11.6 Å². The predicted octanol–water partition coefficient (Wildman–Crippen LogP) is 3.03. The highest BCUT2D eigenvalue weighted by Crippen LogP contribution is 2.26.